The van der Waals surface area contributed by atoms with Crippen LogP contribution in [0, 0.1) is 12.7 Å². The topological polar surface area (TPSA) is 73.0 Å². The third kappa shape index (κ3) is 3.00. The number of carbonyl (C=O) groups is 1. The summed E-state index contributed by atoms with van der Waals surface area (Å²) < 4.78 is 21.6. The molecule has 4 rings (SSSR count). The van der Waals surface area contributed by atoms with E-state index in [0.29, 0.717) is 28.4 Å². The molecule has 1 aliphatic heterocycles. The monoisotopic (exact) mass is 354 g/mol. The Balaban J connectivity index is 1.66. The molecule has 0 atom stereocenters. The Hall–Kier alpha value is -2.96. The summed E-state index contributed by atoms with van der Waals surface area (Å²) in [6, 6.07) is 6.08. The predicted octanol–water partition coefficient (Wildman–Crippen LogP) is 3.96. The van der Waals surface area contributed by atoms with Crippen LogP contribution in [0.25, 0.3) is 11.4 Å². The Labute approximate surface area is 150 Å². The van der Waals surface area contributed by atoms with Crippen LogP contribution in [0.15, 0.2) is 34.9 Å². The van der Waals surface area contributed by atoms with Crippen molar-refractivity contribution in [3.8, 4) is 11.4 Å². The highest BCUT2D eigenvalue weighted by atomic mass is 19.1. The lowest BCUT2D eigenvalue weighted by Gasteiger charge is -2.10. The van der Waals surface area contributed by atoms with E-state index in [1.54, 1.807) is 19.1 Å². The molecule has 3 aromatic rings. The largest absolute Gasteiger partial charge is 0.469 e. The second-order valence-electron chi connectivity index (χ2n) is 6.44. The highest BCUT2D eigenvalue weighted by molar-refractivity contribution is 6.05. The lowest BCUT2D eigenvalue weighted by Crippen LogP contribution is -2.12. The molecule has 0 saturated carbocycles. The van der Waals surface area contributed by atoms with E-state index < -0.39 is 0 Å². The first-order valence-corrected chi connectivity index (χ1v) is 8.71. The molecular weight excluding hydrogens is 335 g/mol. The van der Waals surface area contributed by atoms with E-state index in [4.69, 9.17) is 4.42 Å². The molecule has 0 spiro atoms. The molecule has 7 heteroatoms. The maximum Gasteiger partial charge on any atom is 0.259 e. The Morgan fingerprint density at radius 3 is 2.92 bits per heavy atom. The predicted molar refractivity (Wildman–Crippen MR) is 94.4 cm³/mol. The maximum atomic E-state index is 14.5. The summed E-state index contributed by atoms with van der Waals surface area (Å²) in [5.41, 5.74) is 1.29. The van der Waals surface area contributed by atoms with Gasteiger partial charge in [-0.25, -0.2) is 4.39 Å². The fourth-order valence-corrected chi connectivity index (χ4v) is 3.28. The van der Waals surface area contributed by atoms with E-state index in [2.05, 4.69) is 15.5 Å². The quantitative estimate of drug-likeness (QED) is 0.772. The molecular formula is C19H19FN4O2. The van der Waals surface area contributed by atoms with E-state index in [1.165, 1.54) is 18.4 Å². The van der Waals surface area contributed by atoms with Crippen molar-refractivity contribution in [2.24, 2.45) is 0 Å². The van der Waals surface area contributed by atoms with Gasteiger partial charge in [0.2, 0.25) is 0 Å². The molecule has 1 aliphatic rings. The molecule has 0 saturated heterocycles. The average molecular weight is 354 g/mol. The molecule has 1 amide bonds. The first-order valence-electron chi connectivity index (χ1n) is 8.71. The van der Waals surface area contributed by atoms with E-state index in [1.807, 2.05) is 4.57 Å². The van der Waals surface area contributed by atoms with Crippen molar-refractivity contribution in [1.29, 1.82) is 0 Å². The molecule has 1 N–H and O–H groups in total. The molecule has 6 nitrogen and oxygen atoms in total. The average Bonchev–Trinajstić information content (AvgIpc) is 3.16. The second kappa shape index (κ2) is 6.74. The molecule has 0 bridgehead atoms. The first-order chi connectivity index (χ1) is 12.6. The van der Waals surface area contributed by atoms with Crippen molar-refractivity contribution in [2.75, 3.05) is 5.32 Å². The lowest BCUT2D eigenvalue weighted by molar-refractivity contribution is 0.102. The van der Waals surface area contributed by atoms with Crippen molar-refractivity contribution in [3.05, 3.63) is 53.5 Å². The van der Waals surface area contributed by atoms with E-state index in [9.17, 15) is 9.18 Å². The number of nitrogens with one attached hydrogen (secondary N) is 1. The number of anilines is 1. The fourth-order valence-electron chi connectivity index (χ4n) is 3.28. The molecule has 2 aromatic heterocycles. The van der Waals surface area contributed by atoms with Crippen LogP contribution < -0.4 is 5.32 Å². The number of hydrogen-bond donors (Lipinski definition) is 1. The normalized spacial score (nSPS) is 13.9. The summed E-state index contributed by atoms with van der Waals surface area (Å²) in [6.45, 7) is 2.50. The number of benzene rings is 1. The first kappa shape index (κ1) is 16.5. The van der Waals surface area contributed by atoms with Gasteiger partial charge in [0, 0.05) is 18.7 Å². The number of carbonyl (C=O) groups excluding carboxylic acids is 1. The minimum atomic E-state index is -0.387. The Kier molecular flexibility index (Phi) is 4.28. The minimum Gasteiger partial charge on any atom is -0.469 e. The highest BCUT2D eigenvalue weighted by Crippen LogP contribution is 2.27. The van der Waals surface area contributed by atoms with E-state index in [0.717, 1.165) is 38.1 Å². The number of amides is 1. The molecule has 0 fully saturated rings. The Morgan fingerprint density at radius 2 is 2.12 bits per heavy atom. The van der Waals surface area contributed by atoms with Crippen LogP contribution in [0.1, 0.15) is 41.2 Å². The van der Waals surface area contributed by atoms with Crippen LogP contribution in [0.3, 0.4) is 0 Å². The summed E-state index contributed by atoms with van der Waals surface area (Å²) in [6.07, 6.45) is 5.54. The summed E-state index contributed by atoms with van der Waals surface area (Å²) in [5, 5.41) is 11.2. The zero-order valence-electron chi connectivity index (χ0n) is 14.5. The maximum absolute atomic E-state index is 14.5. The van der Waals surface area contributed by atoms with Crippen LogP contribution in [-0.2, 0) is 13.0 Å². The fraction of sp³-hybridized carbons (Fsp3) is 0.316. The number of aromatic nitrogens is 3. The molecule has 0 radical (unpaired) electrons. The number of hydrogen-bond acceptors (Lipinski definition) is 4. The van der Waals surface area contributed by atoms with Crippen LogP contribution in [0.5, 0.6) is 0 Å². The third-order valence-electron chi connectivity index (χ3n) is 4.68. The van der Waals surface area contributed by atoms with Crippen LogP contribution in [-0.4, -0.2) is 20.7 Å². The summed E-state index contributed by atoms with van der Waals surface area (Å²) in [7, 11) is 0. The summed E-state index contributed by atoms with van der Waals surface area (Å²) in [5.74, 6) is 1.25. The van der Waals surface area contributed by atoms with E-state index in [-0.39, 0.29) is 11.7 Å². The Morgan fingerprint density at radius 1 is 1.23 bits per heavy atom. The summed E-state index contributed by atoms with van der Waals surface area (Å²) in [4.78, 5) is 12.4. The van der Waals surface area contributed by atoms with Gasteiger partial charge in [0.15, 0.2) is 5.82 Å². The van der Waals surface area contributed by atoms with Gasteiger partial charge in [-0.3, -0.25) is 4.79 Å². The van der Waals surface area contributed by atoms with Gasteiger partial charge < -0.3 is 14.3 Å². The SMILES string of the molecule is Cc1occc1C(=O)Nc1ccc(F)c(-c2nnc3n2CCCCC3)c1. The highest BCUT2D eigenvalue weighted by Gasteiger charge is 2.19. The van der Waals surface area contributed by atoms with Crippen LogP contribution >= 0.6 is 0 Å². The standard InChI is InChI=1S/C19H19FN4O2/c1-12-14(8-10-26-12)19(25)21-13-6-7-16(20)15(11-13)18-23-22-17-5-3-2-4-9-24(17)18/h6-8,10-11H,2-5,9H2,1H3,(H,21,25). The van der Waals surface area contributed by atoms with Gasteiger partial charge in [0.1, 0.15) is 17.4 Å². The van der Waals surface area contributed by atoms with Gasteiger partial charge >= 0.3 is 0 Å². The molecule has 0 aliphatic carbocycles. The van der Waals surface area contributed by atoms with Gasteiger partial charge in [-0.1, -0.05) is 6.42 Å². The van der Waals surface area contributed by atoms with Gasteiger partial charge in [0.25, 0.3) is 5.91 Å². The number of rotatable bonds is 3. The number of aryl methyl sites for hydroxylation is 2. The number of furan rings is 1. The van der Waals surface area contributed by atoms with Crippen LogP contribution in [0.4, 0.5) is 10.1 Å². The van der Waals surface area contributed by atoms with Crippen molar-refractivity contribution in [3.63, 3.8) is 0 Å². The van der Waals surface area contributed by atoms with Crippen LogP contribution in [0.2, 0.25) is 0 Å². The van der Waals surface area contributed by atoms with Gasteiger partial charge in [-0.15, -0.1) is 10.2 Å². The molecule has 26 heavy (non-hydrogen) atoms. The number of nitrogens with zero attached hydrogens (tertiary/aromatic N) is 3. The zero-order valence-corrected chi connectivity index (χ0v) is 14.5. The molecule has 3 heterocycles. The van der Waals surface area contributed by atoms with Gasteiger partial charge in [-0.05, 0) is 44.0 Å². The smallest absolute Gasteiger partial charge is 0.259 e. The van der Waals surface area contributed by atoms with Crippen molar-refractivity contribution >= 4 is 11.6 Å². The van der Waals surface area contributed by atoms with Crippen molar-refractivity contribution in [1.82, 2.24) is 14.8 Å². The second-order valence-corrected chi connectivity index (χ2v) is 6.44. The lowest BCUT2D eigenvalue weighted by atomic mass is 10.1. The molecule has 0 unspecified atom stereocenters. The number of fused-ring (bicyclic) bond motifs is 1. The minimum absolute atomic E-state index is 0.297. The van der Waals surface area contributed by atoms with Crippen molar-refractivity contribution in [2.45, 2.75) is 39.2 Å². The third-order valence-corrected chi connectivity index (χ3v) is 4.68. The molecule has 1 aromatic carbocycles. The van der Waals surface area contributed by atoms with Gasteiger partial charge in [0.05, 0.1) is 17.4 Å². The number of halogens is 1. The van der Waals surface area contributed by atoms with Crippen molar-refractivity contribution < 1.29 is 13.6 Å². The summed E-state index contributed by atoms with van der Waals surface area (Å²) >= 11 is 0. The van der Waals surface area contributed by atoms with E-state index >= 15 is 0 Å². The Bertz CT molecular complexity index is 960. The molecule has 134 valence electrons. The van der Waals surface area contributed by atoms with Gasteiger partial charge in [-0.2, -0.15) is 0 Å². The zero-order chi connectivity index (χ0) is 18.1.